The van der Waals surface area contributed by atoms with Crippen molar-refractivity contribution < 1.29 is 13.7 Å². The summed E-state index contributed by atoms with van der Waals surface area (Å²) in [4.78, 5) is 0. The van der Waals surface area contributed by atoms with Crippen molar-refractivity contribution in [3.63, 3.8) is 0 Å². The van der Waals surface area contributed by atoms with Crippen LogP contribution in [0.4, 0.5) is 0 Å². The Morgan fingerprint density at radius 3 is 2.50 bits per heavy atom. The van der Waals surface area contributed by atoms with E-state index in [-0.39, 0.29) is 24.1 Å². The van der Waals surface area contributed by atoms with Gasteiger partial charge in [0.25, 0.3) is 0 Å². The molecular formula is C24H25BO3. The smallest absolute Gasteiger partial charge is 0.456 e. The van der Waals surface area contributed by atoms with Crippen LogP contribution in [0.1, 0.15) is 45.4 Å². The summed E-state index contributed by atoms with van der Waals surface area (Å²) in [6.07, 6.45) is 13.8. The highest BCUT2D eigenvalue weighted by atomic mass is 16.7. The van der Waals surface area contributed by atoms with Gasteiger partial charge in [0.1, 0.15) is 11.3 Å². The highest BCUT2D eigenvalue weighted by Crippen LogP contribution is 2.47. The molecule has 2 heterocycles. The molecule has 1 aromatic carbocycles. The summed E-state index contributed by atoms with van der Waals surface area (Å²) >= 11 is 0. The number of furan rings is 1. The van der Waals surface area contributed by atoms with Gasteiger partial charge in [-0.05, 0) is 45.8 Å². The topological polar surface area (TPSA) is 31.6 Å². The van der Waals surface area contributed by atoms with Crippen LogP contribution in [-0.4, -0.2) is 18.3 Å². The van der Waals surface area contributed by atoms with Crippen molar-refractivity contribution in [3.8, 4) is 0 Å². The van der Waals surface area contributed by atoms with Crippen molar-refractivity contribution in [2.24, 2.45) is 0 Å². The lowest BCUT2D eigenvalue weighted by Crippen LogP contribution is -2.41. The van der Waals surface area contributed by atoms with Gasteiger partial charge in [-0.2, -0.15) is 0 Å². The summed E-state index contributed by atoms with van der Waals surface area (Å²) in [7, 11) is -0.313. The van der Waals surface area contributed by atoms with Gasteiger partial charge in [0, 0.05) is 22.3 Å². The van der Waals surface area contributed by atoms with Crippen LogP contribution in [0.25, 0.3) is 22.6 Å². The lowest BCUT2D eigenvalue weighted by atomic mass is 9.64. The molecule has 2 aromatic rings. The van der Waals surface area contributed by atoms with Crippen molar-refractivity contribution in [2.75, 3.05) is 0 Å². The van der Waals surface area contributed by atoms with E-state index in [1.165, 1.54) is 16.7 Å². The monoisotopic (exact) mass is 372 g/mol. The maximum atomic E-state index is 6.38. The van der Waals surface area contributed by atoms with Crippen LogP contribution in [0.5, 0.6) is 0 Å². The molecule has 142 valence electrons. The van der Waals surface area contributed by atoms with Gasteiger partial charge in [-0.25, -0.2) is 0 Å². The zero-order valence-corrected chi connectivity index (χ0v) is 16.9. The zero-order valence-electron chi connectivity index (χ0n) is 16.9. The summed E-state index contributed by atoms with van der Waals surface area (Å²) in [5, 5.41) is 1.16. The van der Waals surface area contributed by atoms with E-state index >= 15 is 0 Å². The predicted molar refractivity (Wildman–Crippen MR) is 115 cm³/mol. The molecule has 0 spiro atoms. The van der Waals surface area contributed by atoms with Gasteiger partial charge in [-0.3, -0.25) is 0 Å². The summed E-state index contributed by atoms with van der Waals surface area (Å²) in [6.45, 7) is 8.40. The van der Waals surface area contributed by atoms with Crippen molar-refractivity contribution in [1.82, 2.24) is 0 Å². The number of benzene rings is 1. The molecule has 3 aliphatic rings. The van der Waals surface area contributed by atoms with Crippen LogP contribution in [-0.2, 0) is 9.31 Å². The van der Waals surface area contributed by atoms with Crippen molar-refractivity contribution >= 4 is 29.7 Å². The van der Waals surface area contributed by atoms with E-state index in [1.54, 1.807) is 0 Å². The van der Waals surface area contributed by atoms with Gasteiger partial charge < -0.3 is 13.7 Å². The first-order chi connectivity index (χ1) is 13.4. The van der Waals surface area contributed by atoms with Crippen molar-refractivity contribution in [3.05, 3.63) is 71.5 Å². The van der Waals surface area contributed by atoms with Crippen LogP contribution < -0.4 is 0 Å². The molecule has 1 aromatic heterocycles. The first-order valence-corrected chi connectivity index (χ1v) is 9.99. The van der Waals surface area contributed by atoms with Gasteiger partial charge >= 0.3 is 7.12 Å². The van der Waals surface area contributed by atoms with Gasteiger partial charge in [0.15, 0.2) is 0 Å². The Morgan fingerprint density at radius 1 is 0.964 bits per heavy atom. The zero-order chi connectivity index (χ0) is 19.5. The molecule has 1 atom stereocenters. The Labute approximate surface area is 166 Å². The van der Waals surface area contributed by atoms with Crippen LogP contribution in [0, 0.1) is 0 Å². The van der Waals surface area contributed by atoms with E-state index in [0.29, 0.717) is 0 Å². The minimum Gasteiger partial charge on any atom is -0.456 e. The Hall–Kier alpha value is -2.30. The molecule has 0 saturated carbocycles. The number of para-hydroxylation sites is 1. The summed E-state index contributed by atoms with van der Waals surface area (Å²) < 4.78 is 19.1. The normalized spacial score (nSPS) is 27.6. The third kappa shape index (κ3) is 2.59. The lowest BCUT2D eigenvalue weighted by molar-refractivity contribution is 0.00578. The molecule has 0 amide bonds. The fourth-order valence-corrected chi connectivity index (χ4v) is 4.22. The molecule has 0 radical (unpaired) electrons. The molecule has 1 aliphatic heterocycles. The fourth-order valence-electron chi connectivity index (χ4n) is 4.22. The Kier molecular flexibility index (Phi) is 3.87. The van der Waals surface area contributed by atoms with Crippen LogP contribution in [0.15, 0.2) is 64.6 Å². The number of hydrogen-bond acceptors (Lipinski definition) is 3. The second kappa shape index (κ2) is 6.10. The lowest BCUT2D eigenvalue weighted by Gasteiger charge is -2.32. The van der Waals surface area contributed by atoms with E-state index in [9.17, 15) is 0 Å². The Balaban J connectivity index is 1.62. The number of allylic oxidation sites excluding steroid dienone is 7. The van der Waals surface area contributed by atoms with Crippen molar-refractivity contribution in [1.29, 1.82) is 0 Å². The van der Waals surface area contributed by atoms with Crippen LogP contribution in [0.2, 0.25) is 5.82 Å². The fraction of sp³-hybridized carbons (Fsp3) is 0.333. The molecule has 5 rings (SSSR count). The maximum absolute atomic E-state index is 6.38. The van der Waals surface area contributed by atoms with Crippen LogP contribution in [0.3, 0.4) is 0 Å². The molecule has 1 fully saturated rings. The van der Waals surface area contributed by atoms with E-state index < -0.39 is 0 Å². The molecule has 28 heavy (non-hydrogen) atoms. The average molecular weight is 372 g/mol. The summed E-state index contributed by atoms with van der Waals surface area (Å²) in [6, 6.07) is 8.23. The Morgan fingerprint density at radius 2 is 1.71 bits per heavy atom. The minimum atomic E-state index is -0.348. The average Bonchev–Trinajstić information content (AvgIpc) is 3.15. The second-order valence-electron chi connectivity index (χ2n) is 8.78. The molecule has 4 heteroatoms. The van der Waals surface area contributed by atoms with E-state index in [0.717, 1.165) is 23.2 Å². The SMILES string of the molecule is CC1(C)OB(C2C=CC=CC2=C2CC=Cc3c2oc2ccccc32)OC1(C)C. The third-order valence-electron chi connectivity index (χ3n) is 6.49. The molecule has 1 saturated heterocycles. The third-order valence-corrected chi connectivity index (χ3v) is 6.49. The molecule has 0 bridgehead atoms. The molecule has 3 nitrogen and oxygen atoms in total. The van der Waals surface area contributed by atoms with E-state index in [1.807, 2.05) is 12.1 Å². The predicted octanol–water partition coefficient (Wildman–Crippen LogP) is 6.19. The van der Waals surface area contributed by atoms with Gasteiger partial charge in [-0.1, -0.05) is 54.7 Å². The Bertz CT molecular complexity index is 1050. The highest BCUT2D eigenvalue weighted by molar-refractivity contribution is 6.49. The quantitative estimate of drug-likeness (QED) is 0.559. The van der Waals surface area contributed by atoms with E-state index in [2.05, 4.69) is 76.3 Å². The first kappa shape index (κ1) is 17.8. The molecular weight excluding hydrogens is 347 g/mol. The summed E-state index contributed by atoms with van der Waals surface area (Å²) in [5.41, 5.74) is 3.83. The standard InChI is InChI=1S/C24H25BO3/c1-23(2)24(3,4)28-25(27-23)20-14-7-5-10-16(20)18-12-9-13-19-17-11-6-8-15-21(17)26-22(18)19/h5-11,13-15,20H,12H2,1-4H3. The molecule has 2 aliphatic carbocycles. The first-order valence-electron chi connectivity index (χ1n) is 9.99. The minimum absolute atomic E-state index is 0.0358. The molecule has 0 N–H and O–H groups in total. The van der Waals surface area contributed by atoms with Gasteiger partial charge in [-0.15, -0.1) is 0 Å². The largest absolute Gasteiger partial charge is 0.469 e. The number of fused-ring (bicyclic) bond motifs is 3. The van der Waals surface area contributed by atoms with Crippen LogP contribution >= 0.6 is 0 Å². The van der Waals surface area contributed by atoms with Crippen molar-refractivity contribution in [2.45, 2.75) is 51.1 Å². The van der Waals surface area contributed by atoms with Gasteiger partial charge in [0.2, 0.25) is 0 Å². The van der Waals surface area contributed by atoms with Gasteiger partial charge in [0.05, 0.1) is 11.2 Å². The second-order valence-corrected chi connectivity index (χ2v) is 8.78. The summed E-state index contributed by atoms with van der Waals surface area (Å²) in [5.74, 6) is 1.01. The highest BCUT2D eigenvalue weighted by Gasteiger charge is 2.54. The molecule has 1 unspecified atom stereocenters. The maximum Gasteiger partial charge on any atom is 0.469 e. The number of rotatable bonds is 1. The number of hydrogen-bond donors (Lipinski definition) is 0. The van der Waals surface area contributed by atoms with E-state index in [4.69, 9.17) is 13.7 Å².